The third kappa shape index (κ3) is 3.47. The van der Waals surface area contributed by atoms with Crippen molar-refractivity contribution in [3.63, 3.8) is 0 Å². The molecule has 5 heteroatoms. The number of hydrogen-bond donors (Lipinski definition) is 1. The predicted molar refractivity (Wildman–Crippen MR) is 65.6 cm³/mol. The molecule has 1 fully saturated rings. The second-order valence-electron chi connectivity index (χ2n) is 4.67. The van der Waals surface area contributed by atoms with Crippen LogP contribution in [0.4, 0.5) is 4.79 Å². The highest BCUT2D eigenvalue weighted by Gasteiger charge is 2.19. The van der Waals surface area contributed by atoms with Crippen LogP contribution in [0, 0.1) is 5.92 Å². The number of hydrogen-bond acceptors (Lipinski definition) is 2. The molecule has 1 saturated heterocycles. The molecule has 0 bridgehead atoms. The van der Waals surface area contributed by atoms with E-state index in [1.54, 1.807) is 6.20 Å². The molecule has 1 aliphatic heterocycles. The highest BCUT2D eigenvalue weighted by Crippen LogP contribution is 2.15. The molecule has 0 aromatic carbocycles. The number of nitrogens with one attached hydrogen (secondary N) is 1. The lowest BCUT2D eigenvalue weighted by molar-refractivity contribution is 0.173. The lowest BCUT2D eigenvalue weighted by Gasteiger charge is -2.30. The summed E-state index contributed by atoms with van der Waals surface area (Å²) in [5, 5.41) is 7.02. The third-order valence-electron chi connectivity index (χ3n) is 3.25. The zero-order valence-electron chi connectivity index (χ0n) is 10.3. The van der Waals surface area contributed by atoms with Crippen LogP contribution in [0.1, 0.15) is 19.8 Å². The van der Waals surface area contributed by atoms with Gasteiger partial charge in [0.25, 0.3) is 0 Å². The van der Waals surface area contributed by atoms with Crippen LogP contribution in [0.2, 0.25) is 0 Å². The molecule has 1 aromatic rings. The van der Waals surface area contributed by atoms with Gasteiger partial charge >= 0.3 is 6.03 Å². The number of piperidine rings is 1. The standard InChI is InChI=1S/C12H20N4O/c1-11-3-8-15(9-4-11)12(17)13-6-10-16-7-2-5-14-16/h2,5,7,11H,3-4,6,8-10H2,1H3,(H,13,17). The molecule has 1 aliphatic rings. The van der Waals surface area contributed by atoms with Crippen molar-refractivity contribution in [1.29, 1.82) is 0 Å². The van der Waals surface area contributed by atoms with Crippen molar-refractivity contribution in [2.45, 2.75) is 26.3 Å². The maximum absolute atomic E-state index is 11.8. The lowest BCUT2D eigenvalue weighted by atomic mass is 10.00. The van der Waals surface area contributed by atoms with Gasteiger partial charge in [-0.15, -0.1) is 0 Å². The van der Waals surface area contributed by atoms with Crippen LogP contribution in [0.5, 0.6) is 0 Å². The Kier molecular flexibility index (Phi) is 4.01. The first-order valence-corrected chi connectivity index (χ1v) is 6.26. The van der Waals surface area contributed by atoms with E-state index in [4.69, 9.17) is 0 Å². The van der Waals surface area contributed by atoms with Gasteiger partial charge in [-0.1, -0.05) is 6.92 Å². The Hall–Kier alpha value is -1.52. The fourth-order valence-electron chi connectivity index (χ4n) is 2.03. The number of nitrogens with zero attached hydrogens (tertiary/aromatic N) is 3. The van der Waals surface area contributed by atoms with E-state index in [0.717, 1.165) is 38.4 Å². The van der Waals surface area contributed by atoms with E-state index >= 15 is 0 Å². The number of rotatable bonds is 3. The molecule has 2 rings (SSSR count). The van der Waals surface area contributed by atoms with E-state index in [1.807, 2.05) is 21.8 Å². The zero-order chi connectivity index (χ0) is 12.1. The van der Waals surface area contributed by atoms with Crippen molar-refractivity contribution in [3.05, 3.63) is 18.5 Å². The molecule has 17 heavy (non-hydrogen) atoms. The van der Waals surface area contributed by atoms with Crippen LogP contribution in [-0.4, -0.2) is 40.3 Å². The highest BCUT2D eigenvalue weighted by molar-refractivity contribution is 5.74. The van der Waals surface area contributed by atoms with E-state index in [2.05, 4.69) is 17.3 Å². The van der Waals surface area contributed by atoms with Gasteiger partial charge in [0.1, 0.15) is 0 Å². The van der Waals surface area contributed by atoms with Gasteiger partial charge in [0, 0.05) is 32.0 Å². The highest BCUT2D eigenvalue weighted by atomic mass is 16.2. The minimum atomic E-state index is 0.0593. The van der Waals surface area contributed by atoms with Crippen molar-refractivity contribution in [2.24, 2.45) is 5.92 Å². The van der Waals surface area contributed by atoms with Crippen LogP contribution in [0.3, 0.4) is 0 Å². The number of amides is 2. The average molecular weight is 236 g/mol. The quantitative estimate of drug-likeness (QED) is 0.860. The molecule has 1 N–H and O–H groups in total. The van der Waals surface area contributed by atoms with Gasteiger partial charge in [0.2, 0.25) is 0 Å². The zero-order valence-corrected chi connectivity index (χ0v) is 10.3. The largest absolute Gasteiger partial charge is 0.336 e. The number of urea groups is 1. The Morgan fingerprint density at radius 1 is 1.47 bits per heavy atom. The summed E-state index contributed by atoms with van der Waals surface area (Å²) in [5.41, 5.74) is 0. The first kappa shape index (κ1) is 12.0. The average Bonchev–Trinajstić information content (AvgIpc) is 2.83. The maximum Gasteiger partial charge on any atom is 0.317 e. The molecule has 0 spiro atoms. The molecule has 0 saturated carbocycles. The van der Waals surface area contributed by atoms with E-state index in [1.165, 1.54) is 0 Å². The van der Waals surface area contributed by atoms with Crippen LogP contribution >= 0.6 is 0 Å². The molecule has 0 radical (unpaired) electrons. The summed E-state index contributed by atoms with van der Waals surface area (Å²) in [4.78, 5) is 13.7. The second-order valence-corrected chi connectivity index (χ2v) is 4.67. The van der Waals surface area contributed by atoms with Gasteiger partial charge in [0.05, 0.1) is 6.54 Å². The summed E-state index contributed by atoms with van der Waals surface area (Å²) in [6.07, 6.45) is 5.88. The number of likely N-dealkylation sites (tertiary alicyclic amines) is 1. The van der Waals surface area contributed by atoms with Crippen LogP contribution in [0.25, 0.3) is 0 Å². The molecule has 0 unspecified atom stereocenters. The number of aromatic nitrogens is 2. The molecule has 0 aliphatic carbocycles. The van der Waals surface area contributed by atoms with Gasteiger partial charge in [-0.25, -0.2) is 4.79 Å². The Balaban J connectivity index is 1.67. The normalized spacial score (nSPS) is 17.1. The number of carbonyl (C=O) groups is 1. The van der Waals surface area contributed by atoms with Crippen molar-refractivity contribution in [3.8, 4) is 0 Å². The topological polar surface area (TPSA) is 50.2 Å². The first-order valence-electron chi connectivity index (χ1n) is 6.26. The van der Waals surface area contributed by atoms with Crippen molar-refractivity contribution < 1.29 is 4.79 Å². The smallest absolute Gasteiger partial charge is 0.317 e. The van der Waals surface area contributed by atoms with Crippen LogP contribution < -0.4 is 5.32 Å². The molecule has 94 valence electrons. The van der Waals surface area contributed by atoms with Gasteiger partial charge in [-0.3, -0.25) is 4.68 Å². The summed E-state index contributed by atoms with van der Waals surface area (Å²) < 4.78 is 1.82. The number of carbonyl (C=O) groups excluding carboxylic acids is 1. The fourth-order valence-corrected chi connectivity index (χ4v) is 2.03. The monoisotopic (exact) mass is 236 g/mol. The first-order chi connectivity index (χ1) is 8.25. The van der Waals surface area contributed by atoms with Crippen molar-refractivity contribution in [2.75, 3.05) is 19.6 Å². The fraction of sp³-hybridized carbons (Fsp3) is 0.667. The Bertz CT molecular complexity index is 341. The van der Waals surface area contributed by atoms with Crippen LogP contribution in [-0.2, 0) is 6.54 Å². The van der Waals surface area contributed by atoms with Crippen molar-refractivity contribution >= 4 is 6.03 Å². The molecular weight excluding hydrogens is 216 g/mol. The van der Waals surface area contributed by atoms with E-state index < -0.39 is 0 Å². The van der Waals surface area contributed by atoms with E-state index in [0.29, 0.717) is 6.54 Å². The van der Waals surface area contributed by atoms with Gasteiger partial charge in [-0.05, 0) is 24.8 Å². The van der Waals surface area contributed by atoms with Crippen molar-refractivity contribution in [1.82, 2.24) is 20.0 Å². The molecule has 0 atom stereocenters. The third-order valence-corrected chi connectivity index (χ3v) is 3.25. The maximum atomic E-state index is 11.8. The molecule has 2 heterocycles. The molecule has 5 nitrogen and oxygen atoms in total. The molecule has 2 amide bonds. The minimum absolute atomic E-state index is 0.0593. The summed E-state index contributed by atoms with van der Waals surface area (Å²) in [6, 6.07) is 1.94. The lowest BCUT2D eigenvalue weighted by Crippen LogP contribution is -2.44. The summed E-state index contributed by atoms with van der Waals surface area (Å²) in [5.74, 6) is 0.753. The SMILES string of the molecule is CC1CCN(C(=O)NCCn2cccn2)CC1. The summed E-state index contributed by atoms with van der Waals surface area (Å²) >= 11 is 0. The minimum Gasteiger partial charge on any atom is -0.336 e. The Labute approximate surface area is 102 Å². The molecule has 1 aromatic heterocycles. The van der Waals surface area contributed by atoms with Gasteiger partial charge in [-0.2, -0.15) is 5.10 Å². The Morgan fingerprint density at radius 2 is 2.24 bits per heavy atom. The summed E-state index contributed by atoms with van der Waals surface area (Å²) in [6.45, 7) is 5.37. The second kappa shape index (κ2) is 5.70. The molecular formula is C12H20N4O. The van der Waals surface area contributed by atoms with Crippen LogP contribution in [0.15, 0.2) is 18.5 Å². The summed E-state index contributed by atoms with van der Waals surface area (Å²) in [7, 11) is 0. The van der Waals surface area contributed by atoms with Gasteiger partial charge in [0.15, 0.2) is 0 Å². The predicted octanol–water partition coefficient (Wildman–Crippen LogP) is 1.32. The Morgan fingerprint density at radius 3 is 2.88 bits per heavy atom. The van der Waals surface area contributed by atoms with Gasteiger partial charge < -0.3 is 10.2 Å². The van der Waals surface area contributed by atoms with E-state index in [-0.39, 0.29) is 6.03 Å². The van der Waals surface area contributed by atoms with E-state index in [9.17, 15) is 4.79 Å².